The zero-order valence-electron chi connectivity index (χ0n) is 19.4. The number of methoxy groups -OCH3 is 1. The van der Waals surface area contributed by atoms with Gasteiger partial charge in [-0.3, -0.25) is 24.6 Å². The van der Waals surface area contributed by atoms with E-state index in [1.807, 2.05) is 48.5 Å². The lowest BCUT2D eigenvalue weighted by molar-refractivity contribution is -0.153. The van der Waals surface area contributed by atoms with Gasteiger partial charge in [0.1, 0.15) is 5.54 Å². The molecule has 0 bridgehead atoms. The number of nitrogens with one attached hydrogen (secondary N) is 2. The van der Waals surface area contributed by atoms with Crippen LogP contribution in [-0.4, -0.2) is 65.9 Å². The molecule has 0 aliphatic carbocycles. The minimum atomic E-state index is -1.39. The number of nitrogens with zero attached hydrogens (tertiary/aromatic N) is 2. The molecule has 0 spiro atoms. The molecule has 0 aromatic heterocycles. The molecule has 4 rings (SSSR count). The van der Waals surface area contributed by atoms with Gasteiger partial charge in [-0.15, -0.1) is 0 Å². The first-order valence-electron chi connectivity index (χ1n) is 11.1. The molecule has 9 nitrogen and oxygen atoms in total. The number of benzene rings is 2. The number of likely N-dealkylation sites (tertiary alicyclic amines) is 1. The van der Waals surface area contributed by atoms with Gasteiger partial charge in [0.15, 0.2) is 0 Å². The molecule has 4 amide bonds. The molecule has 9 heteroatoms. The molecule has 2 aromatic carbocycles. The number of imide groups is 1. The van der Waals surface area contributed by atoms with Crippen LogP contribution in [0.3, 0.4) is 0 Å². The van der Waals surface area contributed by atoms with Crippen molar-refractivity contribution in [3.63, 3.8) is 0 Å². The Labute approximate surface area is 198 Å². The first-order valence-corrected chi connectivity index (χ1v) is 11.1. The van der Waals surface area contributed by atoms with E-state index in [2.05, 4.69) is 10.6 Å². The fourth-order valence-electron chi connectivity index (χ4n) is 4.93. The zero-order valence-corrected chi connectivity index (χ0v) is 19.4. The van der Waals surface area contributed by atoms with Gasteiger partial charge in [-0.2, -0.15) is 0 Å². The first kappa shape index (κ1) is 23.4. The maximum absolute atomic E-state index is 13.4. The Morgan fingerprint density at radius 1 is 1.06 bits per heavy atom. The van der Waals surface area contributed by atoms with Crippen molar-refractivity contribution < 1.29 is 23.9 Å². The molecule has 2 aliphatic rings. The standard InChI is InChI=1S/C25H28N4O5/c1-25(23(32)34-3)20-19(21(30)29(22(20)31)14-16-10-6-4-7-11-16)18(27-25)15-28(2)24(33)26-17-12-8-5-9-13-17/h4-13,18-20,27H,14-15H2,1-3H3,(H,26,33)/t18-,19+,20-,25-/m1/s1. The predicted octanol–water partition coefficient (Wildman–Crippen LogP) is 1.86. The summed E-state index contributed by atoms with van der Waals surface area (Å²) in [5, 5.41) is 5.95. The van der Waals surface area contributed by atoms with Crippen LogP contribution >= 0.6 is 0 Å². The number of likely N-dealkylation sites (N-methyl/N-ethyl adjacent to an activating group) is 1. The van der Waals surface area contributed by atoms with Gasteiger partial charge in [0.25, 0.3) is 0 Å². The Morgan fingerprint density at radius 2 is 1.68 bits per heavy atom. The molecule has 178 valence electrons. The van der Waals surface area contributed by atoms with Gasteiger partial charge in [0.05, 0.1) is 25.5 Å². The van der Waals surface area contributed by atoms with E-state index in [0.29, 0.717) is 5.69 Å². The molecule has 0 unspecified atom stereocenters. The minimum Gasteiger partial charge on any atom is -0.468 e. The fourth-order valence-corrected chi connectivity index (χ4v) is 4.93. The Hall–Kier alpha value is -3.72. The van der Waals surface area contributed by atoms with E-state index in [1.165, 1.54) is 16.9 Å². The molecular weight excluding hydrogens is 436 g/mol. The zero-order chi connectivity index (χ0) is 24.5. The van der Waals surface area contributed by atoms with Gasteiger partial charge < -0.3 is 15.0 Å². The largest absolute Gasteiger partial charge is 0.468 e. The second-order valence-corrected chi connectivity index (χ2v) is 8.87. The second-order valence-electron chi connectivity index (χ2n) is 8.87. The third-order valence-electron chi connectivity index (χ3n) is 6.62. The average molecular weight is 465 g/mol. The number of hydrogen-bond donors (Lipinski definition) is 2. The van der Waals surface area contributed by atoms with Gasteiger partial charge in [0.2, 0.25) is 11.8 Å². The number of anilines is 1. The van der Waals surface area contributed by atoms with Crippen LogP contribution in [0.5, 0.6) is 0 Å². The lowest BCUT2D eigenvalue weighted by Crippen LogP contribution is -2.56. The summed E-state index contributed by atoms with van der Waals surface area (Å²) >= 11 is 0. The Kier molecular flexibility index (Phi) is 6.39. The van der Waals surface area contributed by atoms with Crippen LogP contribution in [0.4, 0.5) is 10.5 Å². The van der Waals surface area contributed by atoms with Crippen molar-refractivity contribution in [1.29, 1.82) is 0 Å². The van der Waals surface area contributed by atoms with Gasteiger partial charge in [0, 0.05) is 25.3 Å². The van der Waals surface area contributed by atoms with Crippen molar-refractivity contribution in [2.45, 2.75) is 25.0 Å². The highest BCUT2D eigenvalue weighted by Crippen LogP contribution is 2.44. The summed E-state index contributed by atoms with van der Waals surface area (Å²) < 4.78 is 4.99. The molecule has 2 fully saturated rings. The maximum Gasteiger partial charge on any atom is 0.326 e. The van der Waals surface area contributed by atoms with Crippen molar-refractivity contribution in [3.05, 3.63) is 66.2 Å². The second kappa shape index (κ2) is 9.26. The van der Waals surface area contributed by atoms with E-state index in [4.69, 9.17) is 4.74 Å². The average Bonchev–Trinajstić information content (AvgIpc) is 3.28. The summed E-state index contributed by atoms with van der Waals surface area (Å²) in [6.07, 6.45) is 0. The van der Waals surface area contributed by atoms with E-state index in [0.717, 1.165) is 5.56 Å². The van der Waals surface area contributed by atoms with Gasteiger partial charge in [-0.1, -0.05) is 48.5 Å². The number of carbonyl (C=O) groups is 4. The number of rotatable bonds is 6. The van der Waals surface area contributed by atoms with E-state index >= 15 is 0 Å². The maximum atomic E-state index is 13.4. The van der Waals surface area contributed by atoms with Gasteiger partial charge >= 0.3 is 12.0 Å². The van der Waals surface area contributed by atoms with E-state index in [1.54, 1.807) is 26.1 Å². The first-order chi connectivity index (χ1) is 16.3. The highest BCUT2D eigenvalue weighted by Gasteiger charge is 2.66. The summed E-state index contributed by atoms with van der Waals surface area (Å²) in [5.74, 6) is -3.12. The van der Waals surface area contributed by atoms with Crippen LogP contribution in [0.15, 0.2) is 60.7 Å². The number of carbonyl (C=O) groups excluding carboxylic acids is 4. The number of esters is 1. The lowest BCUT2D eigenvalue weighted by atomic mass is 9.81. The fraction of sp³-hybridized carbons (Fsp3) is 0.360. The number of urea groups is 1. The highest BCUT2D eigenvalue weighted by molar-refractivity contribution is 6.09. The Balaban J connectivity index is 1.57. The SMILES string of the molecule is COC(=O)[C@]1(C)N[C@H](CN(C)C(=O)Nc2ccccc2)[C@@H]2C(=O)N(Cc3ccccc3)C(=O)[C@@H]21. The van der Waals surface area contributed by atoms with Crippen molar-refractivity contribution in [3.8, 4) is 0 Å². The number of ether oxygens (including phenoxy) is 1. The summed E-state index contributed by atoms with van der Waals surface area (Å²) in [5.41, 5.74) is 0.0592. The molecule has 2 saturated heterocycles. The predicted molar refractivity (Wildman–Crippen MR) is 124 cm³/mol. The van der Waals surface area contributed by atoms with Crippen molar-refractivity contribution in [1.82, 2.24) is 15.1 Å². The van der Waals surface area contributed by atoms with Crippen LogP contribution in [0.2, 0.25) is 0 Å². The van der Waals surface area contributed by atoms with E-state index in [-0.39, 0.29) is 25.0 Å². The van der Waals surface area contributed by atoms with Crippen molar-refractivity contribution in [2.75, 3.05) is 26.0 Å². The molecule has 2 heterocycles. The van der Waals surface area contributed by atoms with Gasteiger partial charge in [-0.05, 0) is 24.6 Å². The summed E-state index contributed by atoms with van der Waals surface area (Å²) in [7, 11) is 2.85. The molecule has 2 aliphatic heterocycles. The van der Waals surface area contributed by atoms with E-state index in [9.17, 15) is 19.2 Å². The Morgan fingerprint density at radius 3 is 2.29 bits per heavy atom. The van der Waals surface area contributed by atoms with Crippen LogP contribution in [0.25, 0.3) is 0 Å². The van der Waals surface area contributed by atoms with Crippen molar-refractivity contribution >= 4 is 29.5 Å². The quantitative estimate of drug-likeness (QED) is 0.499. The van der Waals surface area contributed by atoms with Crippen LogP contribution in [-0.2, 0) is 25.7 Å². The summed E-state index contributed by atoms with van der Waals surface area (Å²) in [6.45, 7) is 1.82. The van der Waals surface area contributed by atoms with Gasteiger partial charge in [-0.25, -0.2) is 4.79 Å². The Bertz CT molecular complexity index is 1090. The molecule has 4 atom stereocenters. The molecule has 2 aromatic rings. The lowest BCUT2D eigenvalue weighted by Gasteiger charge is -2.30. The van der Waals surface area contributed by atoms with Crippen LogP contribution in [0.1, 0.15) is 12.5 Å². The molecule has 0 saturated carbocycles. The topological polar surface area (TPSA) is 108 Å². The number of hydrogen-bond acceptors (Lipinski definition) is 6. The highest BCUT2D eigenvalue weighted by atomic mass is 16.5. The number of amides is 4. The normalized spacial score (nSPS) is 25.7. The van der Waals surface area contributed by atoms with E-state index < -0.39 is 35.3 Å². The van der Waals surface area contributed by atoms with Crippen LogP contribution in [0, 0.1) is 11.8 Å². The molecular formula is C25H28N4O5. The third kappa shape index (κ3) is 4.14. The molecule has 2 N–H and O–H groups in total. The molecule has 34 heavy (non-hydrogen) atoms. The van der Waals surface area contributed by atoms with Crippen molar-refractivity contribution in [2.24, 2.45) is 11.8 Å². The smallest absolute Gasteiger partial charge is 0.326 e. The summed E-state index contributed by atoms with van der Waals surface area (Å²) in [4.78, 5) is 55.0. The number of para-hydroxylation sites is 1. The summed E-state index contributed by atoms with van der Waals surface area (Å²) in [6, 6.07) is 17.2. The minimum absolute atomic E-state index is 0.116. The van der Waals surface area contributed by atoms with Crippen LogP contribution < -0.4 is 10.6 Å². The monoisotopic (exact) mass is 464 g/mol. The number of fused-ring (bicyclic) bond motifs is 1. The molecule has 0 radical (unpaired) electrons. The third-order valence-corrected chi connectivity index (χ3v) is 6.62.